The number of benzene rings is 2. The number of carbonyl (C=O) groups is 2. The van der Waals surface area contributed by atoms with Crippen LogP contribution in [0.5, 0.6) is 0 Å². The predicted octanol–water partition coefficient (Wildman–Crippen LogP) is 4.60. The number of rotatable bonds is 3. The third-order valence-corrected chi connectivity index (χ3v) is 5.43. The van der Waals surface area contributed by atoms with Gasteiger partial charge >= 0.3 is 0 Å². The molecule has 1 N–H and O–H groups in total. The van der Waals surface area contributed by atoms with Crippen molar-refractivity contribution < 1.29 is 14.7 Å². The van der Waals surface area contributed by atoms with Crippen LogP contribution in [0.1, 0.15) is 46.8 Å². The van der Waals surface area contributed by atoms with Crippen molar-refractivity contribution in [1.29, 1.82) is 0 Å². The van der Waals surface area contributed by atoms with Crippen molar-refractivity contribution in [2.75, 3.05) is 0 Å². The van der Waals surface area contributed by atoms with E-state index in [1.807, 2.05) is 36.4 Å². The third-order valence-electron chi connectivity index (χ3n) is 5.06. The molecule has 1 aliphatic carbocycles. The van der Waals surface area contributed by atoms with Gasteiger partial charge in [-0.1, -0.05) is 48.0 Å². The molecule has 0 saturated carbocycles. The molecule has 0 radical (unpaired) electrons. The number of halogens is 1. The predicted molar refractivity (Wildman–Crippen MR) is 99.0 cm³/mol. The summed E-state index contributed by atoms with van der Waals surface area (Å²) in [7, 11) is 0. The summed E-state index contributed by atoms with van der Waals surface area (Å²) in [4.78, 5) is 27.3. The van der Waals surface area contributed by atoms with E-state index in [0.29, 0.717) is 35.4 Å². The van der Waals surface area contributed by atoms with Crippen LogP contribution in [0.2, 0.25) is 5.02 Å². The van der Waals surface area contributed by atoms with Gasteiger partial charge in [-0.05, 0) is 29.7 Å². The number of Topliss-reactive ketones (excluding diaryl/α,β-unsaturated/α-hetero) is 1. The van der Waals surface area contributed by atoms with Crippen molar-refractivity contribution in [3.8, 4) is 0 Å². The van der Waals surface area contributed by atoms with Crippen molar-refractivity contribution in [3.63, 3.8) is 0 Å². The normalized spacial score (nSPS) is 19.9. The first-order chi connectivity index (χ1) is 12.6. The zero-order chi connectivity index (χ0) is 18.3. The summed E-state index contributed by atoms with van der Waals surface area (Å²) < 4.78 is 0. The second kappa shape index (κ2) is 6.61. The molecule has 5 heteroatoms. The van der Waals surface area contributed by atoms with Gasteiger partial charge in [-0.3, -0.25) is 9.59 Å². The Balaban J connectivity index is 1.83. The van der Waals surface area contributed by atoms with E-state index in [0.717, 1.165) is 11.1 Å². The zero-order valence-electron chi connectivity index (χ0n) is 14.1. The number of nitrogens with zero attached hydrogens (tertiary/aromatic N) is 1. The van der Waals surface area contributed by atoms with Crippen LogP contribution >= 0.6 is 11.6 Å². The number of aliphatic hydroxyl groups excluding tert-OH is 1. The minimum atomic E-state index is -0.567. The summed E-state index contributed by atoms with van der Waals surface area (Å²) in [5.41, 5.74) is 2.50. The number of allylic oxidation sites excluding steroid dienone is 1. The Kier molecular flexibility index (Phi) is 4.29. The summed E-state index contributed by atoms with van der Waals surface area (Å²) in [6, 6.07) is 14.1. The summed E-state index contributed by atoms with van der Waals surface area (Å²) in [5.74, 6) is -0.142. The van der Waals surface area contributed by atoms with E-state index >= 15 is 0 Å². The molecule has 2 aliphatic rings. The van der Waals surface area contributed by atoms with E-state index in [1.54, 1.807) is 17.0 Å². The van der Waals surface area contributed by atoms with Gasteiger partial charge in [0.1, 0.15) is 5.76 Å². The molecule has 0 bridgehead atoms. The second-order valence-electron chi connectivity index (χ2n) is 6.65. The molecule has 1 heterocycles. The lowest BCUT2D eigenvalue weighted by Gasteiger charge is -2.29. The van der Waals surface area contributed by atoms with Crippen LogP contribution in [-0.2, 0) is 11.3 Å². The number of ketones is 1. The van der Waals surface area contributed by atoms with Crippen molar-refractivity contribution in [2.24, 2.45) is 0 Å². The SMILES string of the molecule is O=C1CCCC(O)=C1C1c2ccccc2C(=O)N1Cc1ccccc1Cl. The maximum Gasteiger partial charge on any atom is 0.255 e. The van der Waals surface area contributed by atoms with Gasteiger partial charge < -0.3 is 10.0 Å². The number of amides is 1. The Morgan fingerprint density at radius 3 is 2.54 bits per heavy atom. The van der Waals surface area contributed by atoms with Crippen LogP contribution < -0.4 is 0 Å². The molecule has 1 unspecified atom stereocenters. The first-order valence-electron chi connectivity index (χ1n) is 8.66. The summed E-state index contributed by atoms with van der Waals surface area (Å²) in [5, 5.41) is 11.0. The summed E-state index contributed by atoms with van der Waals surface area (Å²) >= 11 is 6.29. The molecule has 1 aliphatic heterocycles. The highest BCUT2D eigenvalue weighted by molar-refractivity contribution is 6.31. The van der Waals surface area contributed by atoms with Crippen molar-refractivity contribution in [2.45, 2.75) is 31.8 Å². The van der Waals surface area contributed by atoms with Crippen molar-refractivity contribution in [1.82, 2.24) is 4.90 Å². The zero-order valence-corrected chi connectivity index (χ0v) is 14.9. The molecule has 132 valence electrons. The third kappa shape index (κ3) is 2.71. The maximum absolute atomic E-state index is 13.0. The minimum Gasteiger partial charge on any atom is -0.512 e. The smallest absolute Gasteiger partial charge is 0.255 e. The molecular weight excluding hydrogens is 350 g/mol. The van der Waals surface area contributed by atoms with Crippen LogP contribution in [0, 0.1) is 0 Å². The van der Waals surface area contributed by atoms with Crippen LogP contribution in [0.3, 0.4) is 0 Å². The van der Waals surface area contributed by atoms with Crippen LogP contribution in [0.15, 0.2) is 59.9 Å². The molecule has 2 aromatic carbocycles. The molecule has 1 amide bonds. The number of hydrogen-bond acceptors (Lipinski definition) is 3. The molecule has 1 atom stereocenters. The molecule has 4 rings (SSSR count). The molecule has 2 aromatic rings. The van der Waals surface area contributed by atoms with Crippen LogP contribution in [0.25, 0.3) is 0 Å². The quantitative estimate of drug-likeness (QED) is 0.862. The Hall–Kier alpha value is -2.59. The Labute approximate surface area is 156 Å². The summed E-state index contributed by atoms with van der Waals surface area (Å²) in [6.45, 7) is 0.280. The standard InChI is InChI=1S/C21H18ClNO3/c22-16-9-4-1-6-13(16)12-23-20(19-17(24)10-5-11-18(19)25)14-7-2-3-8-15(14)21(23)26/h1-4,6-9,20,24H,5,10-12H2. The fourth-order valence-electron chi connectivity index (χ4n) is 3.81. The van der Waals surface area contributed by atoms with E-state index in [-0.39, 0.29) is 24.0 Å². The Morgan fingerprint density at radius 2 is 1.77 bits per heavy atom. The summed E-state index contributed by atoms with van der Waals surface area (Å²) in [6.07, 6.45) is 1.50. The molecule has 0 spiro atoms. The Bertz CT molecular complexity index is 934. The molecule has 0 fully saturated rings. The highest BCUT2D eigenvalue weighted by Gasteiger charge is 2.42. The second-order valence-corrected chi connectivity index (χ2v) is 7.06. The van der Waals surface area contributed by atoms with Gasteiger partial charge in [-0.2, -0.15) is 0 Å². The fraction of sp³-hybridized carbons (Fsp3) is 0.238. The van der Waals surface area contributed by atoms with E-state index in [2.05, 4.69) is 0 Å². The molecule has 0 aromatic heterocycles. The van der Waals surface area contributed by atoms with Gasteiger partial charge in [0.25, 0.3) is 5.91 Å². The highest BCUT2D eigenvalue weighted by Crippen LogP contribution is 2.43. The minimum absolute atomic E-state index is 0.0904. The van der Waals surface area contributed by atoms with E-state index < -0.39 is 6.04 Å². The fourth-order valence-corrected chi connectivity index (χ4v) is 4.01. The number of carbonyl (C=O) groups excluding carboxylic acids is 2. The topological polar surface area (TPSA) is 57.6 Å². The van der Waals surface area contributed by atoms with Gasteiger partial charge in [0.2, 0.25) is 0 Å². The average molecular weight is 368 g/mol. The lowest BCUT2D eigenvalue weighted by atomic mass is 9.87. The lowest BCUT2D eigenvalue weighted by molar-refractivity contribution is -0.117. The van der Waals surface area contributed by atoms with Gasteiger partial charge in [-0.15, -0.1) is 0 Å². The largest absolute Gasteiger partial charge is 0.512 e. The molecule has 4 nitrogen and oxygen atoms in total. The highest BCUT2D eigenvalue weighted by atomic mass is 35.5. The van der Waals surface area contributed by atoms with Gasteiger partial charge in [0, 0.05) is 30.0 Å². The van der Waals surface area contributed by atoms with Gasteiger partial charge in [0.15, 0.2) is 5.78 Å². The number of fused-ring (bicyclic) bond motifs is 1. The molecule has 26 heavy (non-hydrogen) atoms. The first kappa shape index (κ1) is 16.9. The number of aliphatic hydroxyl groups is 1. The monoisotopic (exact) mass is 367 g/mol. The van der Waals surface area contributed by atoms with E-state index in [1.165, 1.54) is 0 Å². The molecular formula is C21H18ClNO3. The lowest BCUT2D eigenvalue weighted by Crippen LogP contribution is -2.32. The number of hydrogen-bond donors (Lipinski definition) is 1. The first-order valence-corrected chi connectivity index (χ1v) is 9.04. The maximum atomic E-state index is 13.0. The van der Waals surface area contributed by atoms with E-state index in [4.69, 9.17) is 11.6 Å². The van der Waals surface area contributed by atoms with Gasteiger partial charge in [0.05, 0.1) is 11.6 Å². The van der Waals surface area contributed by atoms with Crippen LogP contribution in [-0.4, -0.2) is 21.7 Å². The van der Waals surface area contributed by atoms with Crippen LogP contribution in [0.4, 0.5) is 0 Å². The van der Waals surface area contributed by atoms with Crippen molar-refractivity contribution >= 4 is 23.3 Å². The van der Waals surface area contributed by atoms with Crippen molar-refractivity contribution in [3.05, 3.63) is 81.6 Å². The average Bonchev–Trinajstić information content (AvgIpc) is 2.90. The Morgan fingerprint density at radius 1 is 1.04 bits per heavy atom. The molecule has 0 saturated heterocycles. The van der Waals surface area contributed by atoms with E-state index in [9.17, 15) is 14.7 Å². The van der Waals surface area contributed by atoms with Gasteiger partial charge in [-0.25, -0.2) is 0 Å².